The van der Waals surface area contributed by atoms with Gasteiger partial charge in [0.25, 0.3) is 0 Å². The molecule has 0 N–H and O–H groups in total. The van der Waals surface area contributed by atoms with Gasteiger partial charge in [-0.2, -0.15) is 0 Å². The van der Waals surface area contributed by atoms with Crippen molar-refractivity contribution < 1.29 is 9.53 Å². The lowest BCUT2D eigenvalue weighted by atomic mass is 10.1. The maximum atomic E-state index is 12.1. The number of para-hydroxylation sites is 1. The lowest BCUT2D eigenvalue weighted by molar-refractivity contribution is -0.129. The van der Waals surface area contributed by atoms with Gasteiger partial charge in [-0.1, -0.05) is 23.3 Å². The van der Waals surface area contributed by atoms with E-state index in [1.54, 1.807) is 7.11 Å². The molecule has 1 saturated heterocycles. The number of benzene rings is 1. The van der Waals surface area contributed by atoms with Gasteiger partial charge in [-0.3, -0.25) is 4.79 Å². The van der Waals surface area contributed by atoms with Gasteiger partial charge in [0.1, 0.15) is 5.75 Å². The average molecular weight is 274 g/mol. The Bertz CT molecular complexity index is 540. The third-order valence-corrected chi connectivity index (χ3v) is 3.70. The zero-order valence-electron chi connectivity index (χ0n) is 11.7. The van der Waals surface area contributed by atoms with Crippen molar-refractivity contribution in [3.8, 4) is 5.75 Å². The number of rotatable bonds is 5. The summed E-state index contributed by atoms with van der Waals surface area (Å²) in [6.45, 7) is 2.99. The second-order valence-corrected chi connectivity index (χ2v) is 4.95. The molecular formula is C14H18N4O2. The first-order valence-electron chi connectivity index (χ1n) is 6.60. The summed E-state index contributed by atoms with van der Waals surface area (Å²) in [6, 6.07) is 7.66. The van der Waals surface area contributed by atoms with Crippen molar-refractivity contribution in [2.45, 2.75) is 19.4 Å². The minimum Gasteiger partial charge on any atom is -0.496 e. The summed E-state index contributed by atoms with van der Waals surface area (Å²) in [5.41, 5.74) is 9.35. The summed E-state index contributed by atoms with van der Waals surface area (Å²) in [4.78, 5) is 16.7. The number of amides is 1. The van der Waals surface area contributed by atoms with E-state index in [9.17, 15) is 4.79 Å². The van der Waals surface area contributed by atoms with E-state index in [1.807, 2.05) is 36.1 Å². The van der Waals surface area contributed by atoms with Gasteiger partial charge in [0.15, 0.2) is 0 Å². The largest absolute Gasteiger partial charge is 0.496 e. The van der Waals surface area contributed by atoms with Gasteiger partial charge in [-0.15, -0.1) is 0 Å². The van der Waals surface area contributed by atoms with Crippen LogP contribution in [0.25, 0.3) is 10.4 Å². The van der Waals surface area contributed by atoms with E-state index >= 15 is 0 Å². The Labute approximate surface area is 118 Å². The Morgan fingerprint density at radius 1 is 1.55 bits per heavy atom. The molecule has 106 valence electrons. The van der Waals surface area contributed by atoms with Crippen LogP contribution in [0.15, 0.2) is 29.4 Å². The van der Waals surface area contributed by atoms with Crippen LogP contribution in [0.3, 0.4) is 0 Å². The Morgan fingerprint density at radius 3 is 3.00 bits per heavy atom. The third-order valence-electron chi connectivity index (χ3n) is 3.70. The molecule has 6 nitrogen and oxygen atoms in total. The Kier molecular flexibility index (Phi) is 4.48. The molecule has 1 aliphatic heterocycles. The minimum atomic E-state index is -0.0466. The van der Waals surface area contributed by atoms with E-state index in [2.05, 4.69) is 10.0 Å². The molecule has 1 fully saturated rings. The van der Waals surface area contributed by atoms with Crippen molar-refractivity contribution in [3.05, 3.63) is 40.3 Å². The van der Waals surface area contributed by atoms with Crippen LogP contribution in [-0.2, 0) is 4.79 Å². The number of carbonyl (C=O) groups is 1. The monoisotopic (exact) mass is 274 g/mol. The number of ether oxygens (including phenoxy) is 1. The van der Waals surface area contributed by atoms with Crippen molar-refractivity contribution in [2.75, 3.05) is 20.2 Å². The summed E-state index contributed by atoms with van der Waals surface area (Å²) in [5, 5.41) is 3.57. The summed E-state index contributed by atoms with van der Waals surface area (Å²) in [7, 11) is 1.63. The molecule has 1 aliphatic rings. The fourth-order valence-electron chi connectivity index (χ4n) is 2.64. The summed E-state index contributed by atoms with van der Waals surface area (Å²) < 4.78 is 5.35. The number of methoxy groups -OCH3 is 1. The van der Waals surface area contributed by atoms with E-state index < -0.39 is 0 Å². The topological polar surface area (TPSA) is 78.3 Å². The maximum absolute atomic E-state index is 12.1. The zero-order valence-corrected chi connectivity index (χ0v) is 11.7. The van der Waals surface area contributed by atoms with Crippen molar-refractivity contribution in [2.24, 2.45) is 11.0 Å². The number of nitrogens with zero attached hydrogens (tertiary/aromatic N) is 4. The number of hydrogen-bond donors (Lipinski definition) is 0. The maximum Gasteiger partial charge on any atom is 0.223 e. The molecule has 2 unspecified atom stereocenters. The van der Waals surface area contributed by atoms with Gasteiger partial charge in [0.05, 0.1) is 13.2 Å². The van der Waals surface area contributed by atoms with E-state index in [4.69, 9.17) is 10.3 Å². The molecule has 20 heavy (non-hydrogen) atoms. The molecule has 6 heteroatoms. The lowest BCUT2D eigenvalue weighted by Crippen LogP contribution is -2.29. The molecule has 0 radical (unpaired) electrons. The standard InChI is InChI=1S/C14H18N4O2/c1-10(12-5-3-4-6-13(12)20-2)18-9-11(7-14(18)19)8-16-17-15/h3-6,10-11H,7-9H2,1-2H3. The van der Waals surface area contributed by atoms with E-state index in [0.29, 0.717) is 19.5 Å². The Morgan fingerprint density at radius 2 is 2.30 bits per heavy atom. The molecule has 2 atom stereocenters. The molecule has 1 heterocycles. The first-order valence-corrected chi connectivity index (χ1v) is 6.60. The molecule has 1 aromatic rings. The summed E-state index contributed by atoms with van der Waals surface area (Å²) >= 11 is 0. The summed E-state index contributed by atoms with van der Waals surface area (Å²) in [5.74, 6) is 0.989. The summed E-state index contributed by atoms with van der Waals surface area (Å²) in [6.07, 6.45) is 0.443. The molecule has 0 aromatic heterocycles. The third kappa shape index (κ3) is 2.86. The predicted molar refractivity (Wildman–Crippen MR) is 75.2 cm³/mol. The van der Waals surface area contributed by atoms with Crippen LogP contribution in [0.1, 0.15) is 24.9 Å². The van der Waals surface area contributed by atoms with Crippen molar-refractivity contribution in [3.63, 3.8) is 0 Å². The van der Waals surface area contributed by atoms with Crippen molar-refractivity contribution in [1.29, 1.82) is 0 Å². The van der Waals surface area contributed by atoms with Gasteiger partial charge < -0.3 is 9.64 Å². The molecule has 0 aliphatic carbocycles. The van der Waals surface area contributed by atoms with E-state index in [1.165, 1.54) is 0 Å². The van der Waals surface area contributed by atoms with Gasteiger partial charge in [-0.25, -0.2) is 0 Å². The Hall–Kier alpha value is -2.20. The normalized spacial score (nSPS) is 19.6. The van der Waals surface area contributed by atoms with Crippen molar-refractivity contribution >= 4 is 5.91 Å². The van der Waals surface area contributed by atoms with Crippen LogP contribution in [0.2, 0.25) is 0 Å². The molecule has 2 rings (SSSR count). The number of likely N-dealkylation sites (tertiary alicyclic amines) is 1. The molecule has 1 amide bonds. The highest BCUT2D eigenvalue weighted by Crippen LogP contribution is 2.33. The highest BCUT2D eigenvalue weighted by Gasteiger charge is 2.33. The van der Waals surface area contributed by atoms with Gasteiger partial charge in [0, 0.05) is 30.0 Å². The number of hydrogen-bond acceptors (Lipinski definition) is 3. The van der Waals surface area contributed by atoms with Gasteiger partial charge >= 0.3 is 0 Å². The first kappa shape index (κ1) is 14.2. The van der Waals surface area contributed by atoms with Crippen LogP contribution < -0.4 is 4.74 Å². The SMILES string of the molecule is COc1ccccc1C(C)N1CC(CN=[N+]=[N-])CC1=O. The van der Waals surface area contributed by atoms with Gasteiger partial charge in [0.2, 0.25) is 5.91 Å². The van der Waals surface area contributed by atoms with Gasteiger partial charge in [-0.05, 0) is 24.4 Å². The highest BCUT2D eigenvalue weighted by molar-refractivity contribution is 5.79. The highest BCUT2D eigenvalue weighted by atomic mass is 16.5. The second-order valence-electron chi connectivity index (χ2n) is 4.95. The minimum absolute atomic E-state index is 0.0466. The van der Waals surface area contributed by atoms with Crippen LogP contribution in [0.5, 0.6) is 5.75 Å². The molecule has 0 saturated carbocycles. The fourth-order valence-corrected chi connectivity index (χ4v) is 2.64. The van der Waals surface area contributed by atoms with Crippen LogP contribution in [0, 0.1) is 5.92 Å². The molecule has 1 aromatic carbocycles. The molecule has 0 spiro atoms. The quantitative estimate of drug-likeness (QED) is 0.470. The van der Waals surface area contributed by atoms with Crippen LogP contribution in [0.4, 0.5) is 0 Å². The first-order chi connectivity index (χ1) is 9.67. The second kappa shape index (κ2) is 6.30. The van der Waals surface area contributed by atoms with Crippen molar-refractivity contribution in [1.82, 2.24) is 4.90 Å². The predicted octanol–water partition coefficient (Wildman–Crippen LogP) is 2.92. The Balaban J connectivity index is 2.14. The average Bonchev–Trinajstić information content (AvgIpc) is 2.85. The molecule has 0 bridgehead atoms. The number of azide groups is 1. The van der Waals surface area contributed by atoms with Crippen LogP contribution >= 0.6 is 0 Å². The smallest absolute Gasteiger partial charge is 0.223 e. The van der Waals surface area contributed by atoms with Crippen LogP contribution in [-0.4, -0.2) is 31.0 Å². The fraction of sp³-hybridized carbons (Fsp3) is 0.500. The lowest BCUT2D eigenvalue weighted by Gasteiger charge is -2.26. The van der Waals surface area contributed by atoms with E-state index in [-0.39, 0.29) is 17.9 Å². The number of carbonyl (C=O) groups excluding carboxylic acids is 1. The zero-order chi connectivity index (χ0) is 14.5. The molecular weight excluding hydrogens is 256 g/mol. The van der Waals surface area contributed by atoms with E-state index in [0.717, 1.165) is 11.3 Å².